The molecule has 0 aliphatic rings. The van der Waals surface area contributed by atoms with Crippen LogP contribution < -0.4 is 0 Å². The van der Waals surface area contributed by atoms with E-state index in [4.69, 9.17) is 32.9 Å². The summed E-state index contributed by atoms with van der Waals surface area (Å²) >= 11 is -2.77. The van der Waals surface area contributed by atoms with Crippen LogP contribution in [0.5, 0.6) is 0 Å². The monoisotopic (exact) mass is 486 g/mol. The summed E-state index contributed by atoms with van der Waals surface area (Å²) in [6.07, 6.45) is -1.62. The summed E-state index contributed by atoms with van der Waals surface area (Å²) < 4.78 is 47.6. The van der Waals surface area contributed by atoms with Crippen LogP contribution in [0.1, 0.15) is 83.1 Å². The van der Waals surface area contributed by atoms with Crippen LogP contribution >= 0.6 is 0 Å². The SMILES string of the molecule is CC(C)[O][Al]([O]C(C)C)[O][Si](OC(C)C)(OC(C)C)O[Si](O)(OC(C)C)OC(C)C. The van der Waals surface area contributed by atoms with Crippen LogP contribution in [0.2, 0.25) is 0 Å². The lowest BCUT2D eigenvalue weighted by molar-refractivity contribution is -0.0777. The smallest absolute Gasteiger partial charge is 0.453 e. The Hall–Kier alpha value is 0.606. The van der Waals surface area contributed by atoms with E-state index in [-0.39, 0.29) is 36.6 Å². The molecule has 0 saturated carbocycles. The fourth-order valence-electron chi connectivity index (χ4n) is 2.21. The molecule has 0 aliphatic carbocycles. The van der Waals surface area contributed by atoms with Gasteiger partial charge in [0.2, 0.25) is 0 Å². The topological polar surface area (TPSA) is 94.1 Å². The first-order valence-electron chi connectivity index (χ1n) is 10.7. The van der Waals surface area contributed by atoms with Crippen molar-refractivity contribution in [3.05, 3.63) is 0 Å². The second-order valence-corrected chi connectivity index (χ2v) is 14.4. The third-order valence-corrected chi connectivity index (χ3v) is 11.3. The summed E-state index contributed by atoms with van der Waals surface area (Å²) in [5.41, 5.74) is 0. The first-order chi connectivity index (χ1) is 13.6. The van der Waals surface area contributed by atoms with Gasteiger partial charge < -0.3 is 37.7 Å². The Morgan fingerprint density at radius 2 is 0.867 bits per heavy atom. The Balaban J connectivity index is 6.13. The van der Waals surface area contributed by atoms with Crippen LogP contribution in [0.25, 0.3) is 0 Å². The van der Waals surface area contributed by atoms with Crippen LogP contribution in [0.15, 0.2) is 0 Å². The van der Waals surface area contributed by atoms with Crippen molar-refractivity contribution >= 4 is 33.2 Å². The van der Waals surface area contributed by atoms with Crippen LogP contribution in [-0.4, -0.2) is 74.7 Å². The van der Waals surface area contributed by atoms with Crippen molar-refractivity contribution < 1.29 is 37.7 Å². The first kappa shape index (κ1) is 30.6. The molecule has 0 atom stereocenters. The van der Waals surface area contributed by atoms with Gasteiger partial charge in [0.05, 0.1) is 0 Å². The highest BCUT2D eigenvalue weighted by molar-refractivity contribution is 6.71. The molecule has 0 amide bonds. The molecule has 0 aliphatic heterocycles. The van der Waals surface area contributed by atoms with Gasteiger partial charge in [0.25, 0.3) is 0 Å². The largest absolute Gasteiger partial charge is 0.899 e. The van der Waals surface area contributed by atoms with Crippen LogP contribution in [-0.2, 0) is 32.9 Å². The van der Waals surface area contributed by atoms with Gasteiger partial charge in [-0.15, -0.1) is 0 Å². The van der Waals surface area contributed by atoms with E-state index in [1.165, 1.54) is 0 Å². The van der Waals surface area contributed by atoms with Crippen molar-refractivity contribution in [1.29, 1.82) is 0 Å². The lowest BCUT2D eigenvalue weighted by atomic mass is 10.5. The summed E-state index contributed by atoms with van der Waals surface area (Å²) in [6.45, 7) is 22.0. The molecule has 0 radical (unpaired) electrons. The molecular weight excluding hydrogens is 443 g/mol. The molecule has 0 fully saturated rings. The zero-order valence-corrected chi connectivity index (χ0v) is 23.9. The average Bonchev–Trinajstić information content (AvgIpc) is 2.40. The molecule has 0 unspecified atom stereocenters. The maximum absolute atomic E-state index is 11.2. The van der Waals surface area contributed by atoms with Crippen molar-refractivity contribution in [3.63, 3.8) is 0 Å². The Morgan fingerprint density at radius 3 is 1.13 bits per heavy atom. The molecule has 0 rings (SSSR count). The Kier molecular flexibility index (Phi) is 14.3. The van der Waals surface area contributed by atoms with E-state index in [2.05, 4.69) is 0 Å². The van der Waals surface area contributed by atoms with E-state index in [1.807, 2.05) is 55.4 Å². The van der Waals surface area contributed by atoms with Gasteiger partial charge in [-0.2, -0.15) is 0 Å². The van der Waals surface area contributed by atoms with Gasteiger partial charge in [-0.05, 0) is 83.1 Å². The average molecular weight is 487 g/mol. The van der Waals surface area contributed by atoms with Gasteiger partial charge >= 0.3 is 33.2 Å². The molecule has 30 heavy (non-hydrogen) atoms. The maximum atomic E-state index is 11.2. The van der Waals surface area contributed by atoms with E-state index < -0.39 is 33.2 Å². The number of hydrogen-bond acceptors (Lipinski definition) is 9. The first-order valence-corrected chi connectivity index (χ1v) is 15.4. The summed E-state index contributed by atoms with van der Waals surface area (Å²) in [7, 11) is -8.21. The molecule has 0 aromatic carbocycles. The minimum absolute atomic E-state index is 0.139. The quantitative estimate of drug-likeness (QED) is 0.329. The zero-order valence-electron chi connectivity index (χ0n) is 20.8. The number of hydrogen-bond donors (Lipinski definition) is 1. The standard InChI is InChI=1S/C12H29O7Si2.2C3H7O.Al/c1-9(2)15-20(13,16-10(3)4)19-21(14,17-11(5)6)18-12(7)8;2*1-3(2)4;/h9-13H,1-8H3;2*3H,1-2H3;/q3*-1;+3. The Morgan fingerprint density at radius 1 is 0.533 bits per heavy atom. The summed E-state index contributed by atoms with van der Waals surface area (Å²) in [5, 5.41) is 0. The fraction of sp³-hybridized carbons (Fsp3) is 1.00. The van der Waals surface area contributed by atoms with Gasteiger partial charge in [0, 0.05) is 36.6 Å². The number of rotatable bonds is 16. The van der Waals surface area contributed by atoms with Crippen molar-refractivity contribution in [2.45, 2.75) is 120 Å². The van der Waals surface area contributed by atoms with Gasteiger partial charge in [-0.3, -0.25) is 0 Å². The minimum atomic E-state index is -4.19. The van der Waals surface area contributed by atoms with Crippen molar-refractivity contribution in [3.8, 4) is 0 Å². The highest BCUT2D eigenvalue weighted by Gasteiger charge is 2.62. The summed E-state index contributed by atoms with van der Waals surface area (Å²) in [4.78, 5) is 11.2. The molecular formula is C18H43AlO9Si2. The molecule has 12 heteroatoms. The van der Waals surface area contributed by atoms with Crippen molar-refractivity contribution in [2.24, 2.45) is 0 Å². The van der Waals surface area contributed by atoms with Crippen LogP contribution in [0.4, 0.5) is 0 Å². The molecule has 0 bridgehead atoms. The molecule has 180 valence electrons. The molecule has 0 heterocycles. The second-order valence-electron chi connectivity index (χ2n) is 8.57. The highest BCUT2D eigenvalue weighted by Crippen LogP contribution is 2.26. The lowest BCUT2D eigenvalue weighted by Crippen LogP contribution is -2.65. The van der Waals surface area contributed by atoms with Crippen molar-refractivity contribution in [1.82, 2.24) is 0 Å². The second kappa shape index (κ2) is 14.0. The van der Waals surface area contributed by atoms with Crippen LogP contribution in [0, 0.1) is 0 Å². The highest BCUT2D eigenvalue weighted by atomic mass is 28.5. The summed E-state index contributed by atoms with van der Waals surface area (Å²) in [6, 6.07) is 0. The zero-order chi connectivity index (χ0) is 23.7. The third-order valence-electron chi connectivity index (χ3n) is 2.79. The van der Waals surface area contributed by atoms with E-state index in [9.17, 15) is 4.80 Å². The predicted molar refractivity (Wildman–Crippen MR) is 119 cm³/mol. The third kappa shape index (κ3) is 13.9. The fourth-order valence-corrected chi connectivity index (χ4v) is 10.1. The molecule has 9 nitrogen and oxygen atoms in total. The maximum Gasteiger partial charge on any atom is 0.899 e. The molecule has 1 N–H and O–H groups in total. The van der Waals surface area contributed by atoms with E-state index >= 15 is 0 Å². The van der Waals surface area contributed by atoms with E-state index in [0.29, 0.717) is 0 Å². The van der Waals surface area contributed by atoms with Gasteiger partial charge in [0.15, 0.2) is 0 Å². The predicted octanol–water partition coefficient (Wildman–Crippen LogP) is 3.42. The van der Waals surface area contributed by atoms with E-state index in [1.54, 1.807) is 27.7 Å². The molecule has 0 aromatic heterocycles. The molecule has 0 aromatic rings. The van der Waals surface area contributed by atoms with Crippen molar-refractivity contribution in [2.75, 3.05) is 0 Å². The van der Waals surface area contributed by atoms with Gasteiger partial charge in [-0.25, -0.2) is 0 Å². The Labute approximate surface area is 190 Å². The van der Waals surface area contributed by atoms with Crippen LogP contribution in [0.3, 0.4) is 0 Å². The molecule has 0 saturated heterocycles. The Bertz CT molecular complexity index is 435. The van der Waals surface area contributed by atoms with Gasteiger partial charge in [-0.1, -0.05) is 0 Å². The van der Waals surface area contributed by atoms with Gasteiger partial charge in [0.1, 0.15) is 0 Å². The summed E-state index contributed by atoms with van der Waals surface area (Å²) in [5.74, 6) is 0. The minimum Gasteiger partial charge on any atom is -0.453 e. The normalized spacial score (nSPS) is 13.7. The van der Waals surface area contributed by atoms with E-state index in [0.717, 1.165) is 0 Å². The lowest BCUT2D eigenvalue weighted by Gasteiger charge is -2.38. The molecule has 0 spiro atoms.